The predicted octanol–water partition coefficient (Wildman–Crippen LogP) is 2.23. The van der Waals surface area contributed by atoms with Crippen LogP contribution < -0.4 is 16.0 Å². The minimum absolute atomic E-state index is 0.143. The Kier molecular flexibility index (Phi) is 3.96. The topological polar surface area (TPSA) is 71.2 Å². The highest BCUT2D eigenvalue weighted by atomic mass is 32.1. The average molecular weight is 304 g/mol. The molecule has 1 aliphatic heterocycles. The zero-order valence-corrected chi connectivity index (χ0v) is 12.9. The number of nitrogens with one attached hydrogen (secondary N) is 1. The molecule has 0 saturated carbocycles. The number of benzene rings is 1. The molecular weight excluding hydrogens is 284 g/mol. The molecule has 3 N–H and O–H groups in total. The number of anilines is 2. The van der Waals surface area contributed by atoms with Gasteiger partial charge in [-0.1, -0.05) is 11.3 Å². The molecule has 1 aromatic carbocycles. The number of piperidine rings is 1. The second-order valence-corrected chi connectivity index (χ2v) is 6.54. The van der Waals surface area contributed by atoms with Crippen molar-refractivity contribution >= 4 is 38.3 Å². The van der Waals surface area contributed by atoms with Gasteiger partial charge in [-0.15, -0.1) is 0 Å². The molecule has 3 rings (SSSR count). The Balaban J connectivity index is 1.66. The van der Waals surface area contributed by atoms with E-state index in [-0.39, 0.29) is 5.91 Å². The summed E-state index contributed by atoms with van der Waals surface area (Å²) in [7, 11) is 1.70. The number of carbonyl (C=O) groups is 1. The van der Waals surface area contributed by atoms with Gasteiger partial charge in [-0.05, 0) is 37.0 Å². The lowest BCUT2D eigenvalue weighted by atomic mass is 9.93. The number of hydrogen-bond acceptors (Lipinski definition) is 5. The lowest BCUT2D eigenvalue weighted by molar-refractivity contribution is -0.121. The second kappa shape index (κ2) is 5.89. The van der Waals surface area contributed by atoms with Gasteiger partial charge in [0.15, 0.2) is 5.13 Å². The second-order valence-electron chi connectivity index (χ2n) is 5.53. The van der Waals surface area contributed by atoms with Crippen molar-refractivity contribution in [3.63, 3.8) is 0 Å². The van der Waals surface area contributed by atoms with Gasteiger partial charge < -0.3 is 16.0 Å². The SMILES string of the molecule is CNC(=O)CC1CCN(c2nc3ccc(N)cc3s2)CC1. The van der Waals surface area contributed by atoms with Gasteiger partial charge in [0.05, 0.1) is 10.2 Å². The fourth-order valence-corrected chi connectivity index (χ4v) is 3.82. The van der Waals surface area contributed by atoms with E-state index in [1.807, 2.05) is 18.2 Å². The number of amides is 1. The number of nitrogens with zero attached hydrogens (tertiary/aromatic N) is 2. The molecule has 1 aliphatic rings. The number of nitrogens with two attached hydrogens (primary N) is 1. The summed E-state index contributed by atoms with van der Waals surface area (Å²) in [6.07, 6.45) is 2.73. The van der Waals surface area contributed by atoms with E-state index in [1.165, 1.54) is 0 Å². The fourth-order valence-electron chi connectivity index (χ4n) is 2.76. The molecule has 6 heteroatoms. The molecule has 0 atom stereocenters. The van der Waals surface area contributed by atoms with Gasteiger partial charge >= 0.3 is 0 Å². The summed E-state index contributed by atoms with van der Waals surface area (Å²) in [6, 6.07) is 5.85. The molecule has 2 aromatic rings. The Morgan fingerprint density at radius 2 is 2.24 bits per heavy atom. The van der Waals surface area contributed by atoms with Gasteiger partial charge in [-0.3, -0.25) is 4.79 Å². The first kappa shape index (κ1) is 14.1. The number of hydrogen-bond donors (Lipinski definition) is 2. The molecule has 1 amide bonds. The van der Waals surface area contributed by atoms with Crippen LogP contribution in [-0.4, -0.2) is 31.0 Å². The molecule has 0 spiro atoms. The van der Waals surface area contributed by atoms with Gasteiger partial charge in [0.25, 0.3) is 0 Å². The van der Waals surface area contributed by atoms with Crippen molar-refractivity contribution in [2.45, 2.75) is 19.3 Å². The van der Waals surface area contributed by atoms with Crippen molar-refractivity contribution in [2.24, 2.45) is 5.92 Å². The highest BCUT2D eigenvalue weighted by Gasteiger charge is 2.23. The molecular formula is C15H20N4OS. The van der Waals surface area contributed by atoms with Gasteiger partial charge in [-0.2, -0.15) is 0 Å². The molecule has 0 radical (unpaired) electrons. The van der Waals surface area contributed by atoms with E-state index >= 15 is 0 Å². The van der Waals surface area contributed by atoms with Crippen LogP contribution in [0, 0.1) is 5.92 Å². The number of rotatable bonds is 3. The minimum Gasteiger partial charge on any atom is -0.399 e. The number of nitrogen functional groups attached to an aromatic ring is 1. The summed E-state index contributed by atoms with van der Waals surface area (Å²) in [4.78, 5) is 18.4. The quantitative estimate of drug-likeness (QED) is 0.853. The normalized spacial score (nSPS) is 16.3. The molecule has 0 unspecified atom stereocenters. The molecule has 0 bridgehead atoms. The molecule has 0 aliphatic carbocycles. The number of aromatic nitrogens is 1. The third kappa shape index (κ3) is 3.10. The third-order valence-corrected chi connectivity index (χ3v) is 5.12. The van der Waals surface area contributed by atoms with Crippen LogP contribution in [-0.2, 0) is 4.79 Å². The Bertz CT molecular complexity index is 646. The molecule has 2 heterocycles. The van der Waals surface area contributed by atoms with E-state index in [0.29, 0.717) is 12.3 Å². The highest BCUT2D eigenvalue weighted by molar-refractivity contribution is 7.22. The summed E-state index contributed by atoms with van der Waals surface area (Å²) in [5, 5.41) is 3.77. The largest absolute Gasteiger partial charge is 0.399 e. The van der Waals surface area contributed by atoms with E-state index in [1.54, 1.807) is 18.4 Å². The van der Waals surface area contributed by atoms with Crippen LogP contribution in [0.5, 0.6) is 0 Å². The van der Waals surface area contributed by atoms with E-state index in [2.05, 4.69) is 15.2 Å². The van der Waals surface area contributed by atoms with Crippen LogP contribution >= 0.6 is 11.3 Å². The van der Waals surface area contributed by atoms with Gasteiger partial charge in [-0.25, -0.2) is 4.98 Å². The van der Waals surface area contributed by atoms with Crippen molar-refractivity contribution < 1.29 is 4.79 Å². The monoisotopic (exact) mass is 304 g/mol. The standard InChI is InChI=1S/C15H20N4OS/c1-17-14(20)8-10-4-6-19(7-5-10)15-18-12-3-2-11(16)9-13(12)21-15/h2-3,9-10H,4-8,16H2,1H3,(H,17,20). The first-order chi connectivity index (χ1) is 10.2. The van der Waals surface area contributed by atoms with Crippen LogP contribution in [0.15, 0.2) is 18.2 Å². The Hall–Kier alpha value is -1.82. The summed E-state index contributed by atoms with van der Waals surface area (Å²) in [5.41, 5.74) is 7.61. The van der Waals surface area contributed by atoms with E-state index < -0.39 is 0 Å². The molecule has 112 valence electrons. The first-order valence-electron chi connectivity index (χ1n) is 7.27. The van der Waals surface area contributed by atoms with Crippen LogP contribution in [0.3, 0.4) is 0 Å². The predicted molar refractivity (Wildman–Crippen MR) is 87.7 cm³/mol. The zero-order valence-electron chi connectivity index (χ0n) is 12.1. The molecule has 21 heavy (non-hydrogen) atoms. The molecule has 1 saturated heterocycles. The van der Waals surface area contributed by atoms with Gasteiger partial charge in [0.2, 0.25) is 5.91 Å². The molecule has 1 fully saturated rings. The summed E-state index contributed by atoms with van der Waals surface area (Å²) in [5.74, 6) is 0.634. The van der Waals surface area contributed by atoms with Crippen molar-refractivity contribution in [3.05, 3.63) is 18.2 Å². The Labute approximate surface area is 128 Å². The third-order valence-electron chi connectivity index (χ3n) is 4.04. The van der Waals surface area contributed by atoms with E-state index in [9.17, 15) is 4.79 Å². The van der Waals surface area contributed by atoms with Crippen molar-refractivity contribution in [2.75, 3.05) is 30.8 Å². The lowest BCUT2D eigenvalue weighted by Crippen LogP contribution is -2.35. The smallest absolute Gasteiger partial charge is 0.220 e. The number of thiazole rings is 1. The fraction of sp³-hybridized carbons (Fsp3) is 0.467. The maximum Gasteiger partial charge on any atom is 0.220 e. The van der Waals surface area contributed by atoms with Gasteiger partial charge in [0.1, 0.15) is 0 Å². The molecule has 1 aromatic heterocycles. The lowest BCUT2D eigenvalue weighted by Gasteiger charge is -2.31. The van der Waals surface area contributed by atoms with E-state index in [0.717, 1.165) is 47.0 Å². The Morgan fingerprint density at radius 3 is 2.95 bits per heavy atom. The van der Waals surface area contributed by atoms with Crippen molar-refractivity contribution in [1.29, 1.82) is 0 Å². The van der Waals surface area contributed by atoms with Crippen LogP contribution in [0.2, 0.25) is 0 Å². The number of fused-ring (bicyclic) bond motifs is 1. The summed E-state index contributed by atoms with van der Waals surface area (Å²) < 4.78 is 1.14. The maximum absolute atomic E-state index is 11.4. The molecule has 5 nitrogen and oxygen atoms in total. The highest BCUT2D eigenvalue weighted by Crippen LogP contribution is 2.32. The Morgan fingerprint density at radius 1 is 1.48 bits per heavy atom. The van der Waals surface area contributed by atoms with Crippen molar-refractivity contribution in [3.8, 4) is 0 Å². The van der Waals surface area contributed by atoms with Crippen LogP contribution in [0.4, 0.5) is 10.8 Å². The van der Waals surface area contributed by atoms with Crippen LogP contribution in [0.25, 0.3) is 10.2 Å². The van der Waals surface area contributed by atoms with Crippen LogP contribution in [0.1, 0.15) is 19.3 Å². The first-order valence-corrected chi connectivity index (χ1v) is 8.09. The summed E-state index contributed by atoms with van der Waals surface area (Å²) in [6.45, 7) is 1.94. The number of carbonyl (C=O) groups excluding carboxylic acids is 1. The summed E-state index contributed by atoms with van der Waals surface area (Å²) >= 11 is 1.69. The van der Waals surface area contributed by atoms with E-state index in [4.69, 9.17) is 5.73 Å². The van der Waals surface area contributed by atoms with Gasteiger partial charge in [0, 0.05) is 32.2 Å². The minimum atomic E-state index is 0.143. The van der Waals surface area contributed by atoms with Crippen molar-refractivity contribution in [1.82, 2.24) is 10.3 Å². The zero-order chi connectivity index (χ0) is 14.8. The average Bonchev–Trinajstić information content (AvgIpc) is 2.90. The maximum atomic E-state index is 11.4.